The van der Waals surface area contributed by atoms with Gasteiger partial charge in [0.1, 0.15) is 5.69 Å². The van der Waals surface area contributed by atoms with Crippen molar-refractivity contribution in [3.8, 4) is 0 Å². The second-order valence-corrected chi connectivity index (χ2v) is 7.13. The van der Waals surface area contributed by atoms with Gasteiger partial charge in [0.25, 0.3) is 5.91 Å². The van der Waals surface area contributed by atoms with Crippen LogP contribution in [0.25, 0.3) is 0 Å². The molecule has 1 aromatic rings. The van der Waals surface area contributed by atoms with E-state index in [2.05, 4.69) is 10.00 Å². The van der Waals surface area contributed by atoms with E-state index in [9.17, 15) is 9.59 Å². The van der Waals surface area contributed by atoms with Crippen LogP contribution in [0.2, 0.25) is 0 Å². The summed E-state index contributed by atoms with van der Waals surface area (Å²) in [5.41, 5.74) is 0.545. The Morgan fingerprint density at radius 1 is 1.35 bits per heavy atom. The third-order valence-electron chi connectivity index (χ3n) is 5.65. The van der Waals surface area contributed by atoms with E-state index in [1.807, 2.05) is 24.1 Å². The quantitative estimate of drug-likeness (QED) is 0.828. The van der Waals surface area contributed by atoms with Crippen LogP contribution in [-0.4, -0.2) is 57.1 Å². The molecule has 0 N–H and O–H groups in total. The van der Waals surface area contributed by atoms with Crippen molar-refractivity contribution >= 4 is 11.8 Å². The summed E-state index contributed by atoms with van der Waals surface area (Å²) in [6.45, 7) is 5.14. The number of hydrogen-bond acceptors (Lipinski definition) is 3. The molecule has 1 aromatic heterocycles. The van der Waals surface area contributed by atoms with Crippen LogP contribution in [0.15, 0.2) is 12.3 Å². The number of rotatable bonds is 2. The molecular weight excluding hydrogens is 292 g/mol. The Balaban J connectivity index is 1.51. The summed E-state index contributed by atoms with van der Waals surface area (Å²) in [7, 11) is 0. The SMILES string of the molecule is CCn1ccc(C(=O)N2CC3CC(C2)[C@H]2CCCC(=O)N2C3)n1. The van der Waals surface area contributed by atoms with Gasteiger partial charge in [-0.05, 0) is 44.1 Å². The number of piperidine rings is 3. The lowest BCUT2D eigenvalue weighted by Gasteiger charge is -2.52. The van der Waals surface area contributed by atoms with Gasteiger partial charge >= 0.3 is 0 Å². The third-order valence-corrected chi connectivity index (χ3v) is 5.65. The summed E-state index contributed by atoms with van der Waals surface area (Å²) < 4.78 is 1.79. The highest BCUT2D eigenvalue weighted by Gasteiger charge is 2.45. The third kappa shape index (κ3) is 2.54. The van der Waals surface area contributed by atoms with Crippen molar-refractivity contribution in [2.24, 2.45) is 11.8 Å². The van der Waals surface area contributed by atoms with Crippen molar-refractivity contribution in [2.45, 2.75) is 45.2 Å². The summed E-state index contributed by atoms with van der Waals surface area (Å²) in [5, 5.41) is 4.35. The van der Waals surface area contributed by atoms with Crippen molar-refractivity contribution in [1.82, 2.24) is 19.6 Å². The maximum atomic E-state index is 12.8. The average molecular weight is 316 g/mol. The molecule has 0 saturated carbocycles. The summed E-state index contributed by atoms with van der Waals surface area (Å²) in [4.78, 5) is 29.0. The van der Waals surface area contributed by atoms with E-state index < -0.39 is 0 Å². The standard InChI is InChI=1S/C17H24N4O2/c1-2-20-7-6-14(18-20)17(23)19-9-12-8-13(11-19)15-4-3-5-16(22)21(15)10-12/h6-7,12-13,15H,2-5,8-11H2,1H3/t12?,13?,15-/m1/s1. The number of aromatic nitrogens is 2. The highest BCUT2D eigenvalue weighted by Crippen LogP contribution is 2.38. The highest BCUT2D eigenvalue weighted by molar-refractivity contribution is 5.92. The average Bonchev–Trinajstić information content (AvgIpc) is 3.04. The normalized spacial score (nSPS) is 30.3. The number of hydrogen-bond donors (Lipinski definition) is 0. The van der Waals surface area contributed by atoms with Crippen molar-refractivity contribution in [1.29, 1.82) is 0 Å². The van der Waals surface area contributed by atoms with Crippen molar-refractivity contribution < 1.29 is 9.59 Å². The summed E-state index contributed by atoms with van der Waals surface area (Å²) in [6, 6.07) is 2.16. The maximum Gasteiger partial charge on any atom is 0.274 e. The molecule has 2 bridgehead atoms. The number of carbonyl (C=O) groups is 2. The number of aryl methyl sites for hydroxylation is 1. The largest absolute Gasteiger partial charge is 0.339 e. The van der Waals surface area contributed by atoms with E-state index in [1.165, 1.54) is 0 Å². The molecule has 4 rings (SSSR count). The summed E-state index contributed by atoms with van der Waals surface area (Å²) in [5.74, 6) is 1.22. The predicted molar refractivity (Wildman–Crippen MR) is 84.8 cm³/mol. The van der Waals surface area contributed by atoms with Crippen LogP contribution in [0.1, 0.15) is 43.1 Å². The van der Waals surface area contributed by atoms with Gasteiger partial charge < -0.3 is 9.80 Å². The highest BCUT2D eigenvalue weighted by atomic mass is 16.2. The van der Waals surface area contributed by atoms with Crippen molar-refractivity contribution in [3.63, 3.8) is 0 Å². The zero-order valence-corrected chi connectivity index (χ0v) is 13.6. The molecule has 3 fully saturated rings. The first-order valence-corrected chi connectivity index (χ1v) is 8.78. The Labute approximate surface area is 136 Å². The van der Waals surface area contributed by atoms with Crippen LogP contribution in [-0.2, 0) is 11.3 Å². The van der Waals surface area contributed by atoms with Crippen LogP contribution in [0.4, 0.5) is 0 Å². The lowest BCUT2D eigenvalue weighted by molar-refractivity contribution is -0.144. The van der Waals surface area contributed by atoms with Gasteiger partial charge in [-0.3, -0.25) is 14.3 Å². The van der Waals surface area contributed by atoms with Gasteiger partial charge in [0.05, 0.1) is 0 Å². The Morgan fingerprint density at radius 2 is 2.22 bits per heavy atom. The topological polar surface area (TPSA) is 58.4 Å². The molecule has 23 heavy (non-hydrogen) atoms. The lowest BCUT2D eigenvalue weighted by atomic mass is 9.76. The van der Waals surface area contributed by atoms with Crippen LogP contribution in [0.3, 0.4) is 0 Å². The molecule has 0 aliphatic carbocycles. The smallest absolute Gasteiger partial charge is 0.274 e. The van der Waals surface area contributed by atoms with Crippen LogP contribution in [0, 0.1) is 11.8 Å². The predicted octanol–water partition coefficient (Wildman–Crippen LogP) is 1.38. The monoisotopic (exact) mass is 316 g/mol. The van der Waals surface area contributed by atoms with E-state index in [4.69, 9.17) is 0 Å². The molecule has 3 aliphatic rings. The molecule has 6 heteroatoms. The number of likely N-dealkylation sites (tertiary alicyclic amines) is 1. The molecule has 124 valence electrons. The molecule has 3 atom stereocenters. The Morgan fingerprint density at radius 3 is 3.00 bits per heavy atom. The number of carbonyl (C=O) groups excluding carboxylic acids is 2. The molecule has 6 nitrogen and oxygen atoms in total. The molecule has 4 heterocycles. The Hall–Kier alpha value is -1.85. The van der Waals surface area contributed by atoms with Crippen LogP contribution < -0.4 is 0 Å². The minimum absolute atomic E-state index is 0.0440. The molecule has 0 aromatic carbocycles. The van der Waals surface area contributed by atoms with Gasteiger partial charge in [0.2, 0.25) is 5.91 Å². The molecule has 0 radical (unpaired) electrons. The summed E-state index contributed by atoms with van der Waals surface area (Å²) in [6.07, 6.45) is 5.81. The van der Waals surface area contributed by atoms with Crippen molar-refractivity contribution in [2.75, 3.05) is 19.6 Å². The number of fused-ring (bicyclic) bond motifs is 4. The fourth-order valence-electron chi connectivity index (χ4n) is 4.59. The zero-order valence-electron chi connectivity index (χ0n) is 13.6. The van der Waals surface area contributed by atoms with Crippen molar-refractivity contribution in [3.05, 3.63) is 18.0 Å². The Bertz CT molecular complexity index is 626. The second kappa shape index (κ2) is 5.65. The van der Waals surface area contributed by atoms with E-state index in [0.29, 0.717) is 35.9 Å². The van der Waals surface area contributed by atoms with Gasteiger partial charge in [-0.2, -0.15) is 5.10 Å². The fraction of sp³-hybridized carbons (Fsp3) is 0.706. The minimum Gasteiger partial charge on any atom is -0.339 e. The lowest BCUT2D eigenvalue weighted by Crippen LogP contribution is -2.61. The number of amides is 2. The second-order valence-electron chi connectivity index (χ2n) is 7.13. The van der Waals surface area contributed by atoms with E-state index in [0.717, 1.165) is 45.4 Å². The fourth-order valence-corrected chi connectivity index (χ4v) is 4.59. The first-order chi connectivity index (χ1) is 11.2. The first kappa shape index (κ1) is 14.7. The van der Waals surface area contributed by atoms with Gasteiger partial charge in [-0.1, -0.05) is 0 Å². The van der Waals surface area contributed by atoms with Gasteiger partial charge in [-0.25, -0.2) is 0 Å². The molecule has 3 aliphatic heterocycles. The molecule has 3 saturated heterocycles. The maximum absolute atomic E-state index is 12.8. The number of nitrogens with zero attached hydrogens (tertiary/aromatic N) is 4. The minimum atomic E-state index is 0.0440. The summed E-state index contributed by atoms with van der Waals surface area (Å²) >= 11 is 0. The Kier molecular flexibility index (Phi) is 3.62. The van der Waals surface area contributed by atoms with E-state index in [1.54, 1.807) is 4.68 Å². The molecule has 0 spiro atoms. The van der Waals surface area contributed by atoms with Gasteiger partial charge in [-0.15, -0.1) is 0 Å². The zero-order chi connectivity index (χ0) is 16.0. The first-order valence-electron chi connectivity index (χ1n) is 8.78. The molecule has 2 unspecified atom stereocenters. The van der Waals surface area contributed by atoms with Gasteiger partial charge in [0, 0.05) is 44.8 Å². The van der Waals surface area contributed by atoms with Crippen LogP contribution >= 0.6 is 0 Å². The molecule has 2 amide bonds. The van der Waals surface area contributed by atoms with Gasteiger partial charge in [0.15, 0.2) is 0 Å². The van der Waals surface area contributed by atoms with Crippen LogP contribution in [0.5, 0.6) is 0 Å². The van der Waals surface area contributed by atoms with E-state index >= 15 is 0 Å². The van der Waals surface area contributed by atoms with E-state index in [-0.39, 0.29) is 5.91 Å². The molecular formula is C17H24N4O2.